The second-order valence-electron chi connectivity index (χ2n) is 5.40. The van der Waals surface area contributed by atoms with Crippen LogP contribution in [-0.4, -0.2) is 23.0 Å². The van der Waals surface area contributed by atoms with E-state index >= 15 is 0 Å². The predicted molar refractivity (Wildman–Crippen MR) is 82.0 cm³/mol. The largest absolute Gasteiger partial charge is 0.388 e. The number of carbonyl (C=O) groups is 1. The van der Waals surface area contributed by atoms with Crippen molar-refractivity contribution >= 4 is 11.6 Å². The van der Waals surface area contributed by atoms with Gasteiger partial charge in [-0.05, 0) is 41.3 Å². The first-order valence-corrected chi connectivity index (χ1v) is 7.13. The molecule has 3 rings (SSSR count). The van der Waals surface area contributed by atoms with E-state index in [1.807, 2.05) is 31.2 Å². The maximum absolute atomic E-state index is 11.7. The molecule has 1 aromatic heterocycles. The summed E-state index contributed by atoms with van der Waals surface area (Å²) < 4.78 is 0. The Hall–Kier alpha value is -2.20. The summed E-state index contributed by atoms with van der Waals surface area (Å²) >= 11 is 0. The molecule has 1 amide bonds. The lowest BCUT2D eigenvalue weighted by Crippen LogP contribution is -2.20. The number of benzene rings is 1. The molecule has 21 heavy (non-hydrogen) atoms. The van der Waals surface area contributed by atoms with Gasteiger partial charge in [-0.1, -0.05) is 13.0 Å². The van der Waals surface area contributed by atoms with Crippen LogP contribution in [0.5, 0.6) is 0 Å². The number of anilines is 1. The molecular weight excluding hydrogens is 264 g/mol. The Balaban J connectivity index is 1.99. The van der Waals surface area contributed by atoms with Crippen molar-refractivity contribution < 1.29 is 9.90 Å². The first-order chi connectivity index (χ1) is 10.1. The van der Waals surface area contributed by atoms with E-state index in [4.69, 9.17) is 0 Å². The van der Waals surface area contributed by atoms with Gasteiger partial charge in [-0.25, -0.2) is 0 Å². The highest BCUT2D eigenvalue weighted by Crippen LogP contribution is 2.32. The van der Waals surface area contributed by atoms with Gasteiger partial charge in [0.2, 0.25) is 5.91 Å². The molecule has 1 atom stereocenters. The van der Waals surface area contributed by atoms with Gasteiger partial charge in [0.15, 0.2) is 0 Å². The van der Waals surface area contributed by atoms with Crippen molar-refractivity contribution in [3.63, 3.8) is 0 Å². The fourth-order valence-electron chi connectivity index (χ4n) is 2.68. The number of aliphatic hydroxyl groups excluding tert-OH is 1. The van der Waals surface area contributed by atoms with Gasteiger partial charge in [-0.3, -0.25) is 9.78 Å². The molecule has 0 bridgehead atoms. The molecule has 2 aromatic rings. The van der Waals surface area contributed by atoms with Gasteiger partial charge in [0.1, 0.15) is 0 Å². The van der Waals surface area contributed by atoms with Gasteiger partial charge in [-0.2, -0.15) is 0 Å². The number of rotatable bonds is 3. The number of likely N-dealkylation sites (N-methyl/N-ethyl adjacent to an activating group) is 1. The lowest BCUT2D eigenvalue weighted by atomic mass is 10.00. The van der Waals surface area contributed by atoms with Crippen molar-refractivity contribution in [2.24, 2.45) is 0 Å². The van der Waals surface area contributed by atoms with Crippen LogP contribution in [0.4, 0.5) is 5.69 Å². The van der Waals surface area contributed by atoms with Gasteiger partial charge in [0, 0.05) is 30.7 Å². The summed E-state index contributed by atoms with van der Waals surface area (Å²) in [7, 11) is 1.80. The number of amides is 1. The van der Waals surface area contributed by atoms with Gasteiger partial charge >= 0.3 is 0 Å². The first kappa shape index (κ1) is 13.8. The highest BCUT2D eigenvalue weighted by atomic mass is 16.3. The summed E-state index contributed by atoms with van der Waals surface area (Å²) in [5.41, 5.74) is 4.82. The minimum absolute atomic E-state index is 0.121. The number of aliphatic hydroxyl groups is 1. The van der Waals surface area contributed by atoms with Gasteiger partial charge < -0.3 is 10.0 Å². The quantitative estimate of drug-likeness (QED) is 0.941. The van der Waals surface area contributed by atoms with E-state index in [0.717, 1.165) is 27.9 Å². The summed E-state index contributed by atoms with van der Waals surface area (Å²) in [6.07, 6.45) is 4.11. The van der Waals surface area contributed by atoms with E-state index in [1.165, 1.54) is 0 Å². The third-order valence-corrected chi connectivity index (χ3v) is 4.02. The molecule has 4 nitrogen and oxygen atoms in total. The molecule has 0 radical (unpaired) electrons. The number of nitrogens with zero attached hydrogens (tertiary/aromatic N) is 2. The van der Waals surface area contributed by atoms with Crippen molar-refractivity contribution in [3.05, 3.63) is 47.8 Å². The molecule has 0 saturated carbocycles. The van der Waals surface area contributed by atoms with E-state index < -0.39 is 6.10 Å². The predicted octanol–water partition coefficient (Wildman–Crippen LogP) is 2.71. The molecule has 0 aliphatic carbocycles. The van der Waals surface area contributed by atoms with Crippen molar-refractivity contribution in [2.45, 2.75) is 25.9 Å². The monoisotopic (exact) mass is 282 g/mol. The number of carbonyl (C=O) groups excluding carboxylic acids is 1. The second kappa shape index (κ2) is 5.30. The van der Waals surface area contributed by atoms with E-state index in [1.54, 1.807) is 24.3 Å². The molecule has 2 heterocycles. The fraction of sp³-hybridized carbons (Fsp3) is 0.294. The molecule has 0 saturated heterocycles. The second-order valence-corrected chi connectivity index (χ2v) is 5.40. The summed E-state index contributed by atoms with van der Waals surface area (Å²) in [6, 6.07) is 7.96. The van der Waals surface area contributed by atoms with Crippen LogP contribution >= 0.6 is 0 Å². The average molecular weight is 282 g/mol. The summed E-state index contributed by atoms with van der Waals surface area (Å²) in [4.78, 5) is 17.6. The molecule has 0 fully saturated rings. The molecular formula is C17H18N2O2. The van der Waals surface area contributed by atoms with Crippen LogP contribution in [0.2, 0.25) is 0 Å². The van der Waals surface area contributed by atoms with Crippen LogP contribution in [0.1, 0.15) is 30.6 Å². The Labute approximate surface area is 124 Å². The van der Waals surface area contributed by atoms with Crippen LogP contribution in [0, 0.1) is 0 Å². The van der Waals surface area contributed by atoms with Crippen LogP contribution in [-0.2, 0) is 11.2 Å². The van der Waals surface area contributed by atoms with Gasteiger partial charge in [0.25, 0.3) is 0 Å². The van der Waals surface area contributed by atoms with Crippen LogP contribution < -0.4 is 4.90 Å². The lowest BCUT2D eigenvalue weighted by Gasteiger charge is -2.12. The third kappa shape index (κ3) is 2.43. The Kier molecular flexibility index (Phi) is 3.47. The molecule has 1 N–H and O–H groups in total. The highest BCUT2D eigenvalue weighted by Gasteiger charge is 2.24. The van der Waals surface area contributed by atoms with Crippen molar-refractivity contribution in [3.8, 4) is 11.1 Å². The first-order valence-electron chi connectivity index (χ1n) is 7.13. The van der Waals surface area contributed by atoms with Crippen molar-refractivity contribution in [1.29, 1.82) is 0 Å². The molecule has 1 aromatic carbocycles. The maximum atomic E-state index is 11.7. The van der Waals surface area contributed by atoms with E-state index in [0.29, 0.717) is 12.8 Å². The Morgan fingerprint density at radius 2 is 2.10 bits per heavy atom. The number of hydrogen-bond donors (Lipinski definition) is 1. The van der Waals surface area contributed by atoms with E-state index in [-0.39, 0.29) is 5.91 Å². The number of fused-ring (bicyclic) bond motifs is 1. The SMILES string of the molecule is CCC(O)c1cncc(-c2ccc3c(c2)CC(=O)N3C)c1. The van der Waals surface area contributed by atoms with Crippen LogP contribution in [0.25, 0.3) is 11.1 Å². The maximum Gasteiger partial charge on any atom is 0.231 e. The Morgan fingerprint density at radius 1 is 1.29 bits per heavy atom. The standard InChI is InChI=1S/C17H18N2O2/c1-3-16(20)14-7-13(9-18-10-14)11-4-5-15-12(6-11)8-17(21)19(15)2/h4-7,9-10,16,20H,3,8H2,1-2H3. The summed E-state index contributed by atoms with van der Waals surface area (Å²) in [5, 5.41) is 9.93. The normalized spacial score (nSPS) is 15.2. The zero-order valence-corrected chi connectivity index (χ0v) is 12.2. The highest BCUT2D eigenvalue weighted by molar-refractivity contribution is 6.01. The minimum Gasteiger partial charge on any atom is -0.388 e. The van der Waals surface area contributed by atoms with Crippen molar-refractivity contribution in [1.82, 2.24) is 4.98 Å². The fourth-order valence-corrected chi connectivity index (χ4v) is 2.68. The molecule has 1 aliphatic heterocycles. The zero-order chi connectivity index (χ0) is 15.0. The van der Waals surface area contributed by atoms with E-state index in [9.17, 15) is 9.90 Å². The van der Waals surface area contributed by atoms with Gasteiger partial charge in [-0.15, -0.1) is 0 Å². The number of hydrogen-bond acceptors (Lipinski definition) is 3. The summed E-state index contributed by atoms with van der Waals surface area (Å²) in [5.74, 6) is 0.121. The van der Waals surface area contributed by atoms with Crippen molar-refractivity contribution in [2.75, 3.05) is 11.9 Å². The number of pyridine rings is 1. The Morgan fingerprint density at radius 3 is 2.86 bits per heavy atom. The molecule has 1 unspecified atom stereocenters. The molecule has 0 spiro atoms. The van der Waals surface area contributed by atoms with Crippen LogP contribution in [0.3, 0.4) is 0 Å². The molecule has 108 valence electrons. The zero-order valence-electron chi connectivity index (χ0n) is 12.2. The van der Waals surface area contributed by atoms with Crippen LogP contribution in [0.15, 0.2) is 36.7 Å². The lowest BCUT2D eigenvalue weighted by molar-refractivity contribution is -0.117. The third-order valence-electron chi connectivity index (χ3n) is 4.02. The van der Waals surface area contributed by atoms with Gasteiger partial charge in [0.05, 0.1) is 12.5 Å². The Bertz CT molecular complexity index is 697. The molecule has 1 aliphatic rings. The number of aromatic nitrogens is 1. The smallest absolute Gasteiger partial charge is 0.231 e. The average Bonchev–Trinajstić information content (AvgIpc) is 2.81. The van der Waals surface area contributed by atoms with E-state index in [2.05, 4.69) is 4.98 Å². The topological polar surface area (TPSA) is 53.4 Å². The summed E-state index contributed by atoms with van der Waals surface area (Å²) in [6.45, 7) is 1.94. The minimum atomic E-state index is -0.486. The molecule has 4 heteroatoms.